The topological polar surface area (TPSA) is 75.3 Å². The van der Waals surface area contributed by atoms with Crippen LogP contribution in [0.25, 0.3) is 0 Å². The molecule has 33 heavy (non-hydrogen) atoms. The highest BCUT2D eigenvalue weighted by Gasteiger charge is 2.28. The molecule has 1 aliphatic heterocycles. The van der Waals surface area contributed by atoms with Gasteiger partial charge < -0.3 is 29.0 Å². The van der Waals surface area contributed by atoms with Crippen molar-refractivity contribution in [2.24, 2.45) is 0 Å². The second-order valence-electron chi connectivity index (χ2n) is 7.58. The first-order valence-electron chi connectivity index (χ1n) is 10.6. The monoisotopic (exact) mass is 449 g/mol. The second-order valence-corrected chi connectivity index (χ2v) is 7.58. The van der Waals surface area contributed by atoms with Gasteiger partial charge in [0.05, 0.1) is 28.4 Å². The summed E-state index contributed by atoms with van der Waals surface area (Å²) in [4.78, 5) is 12.7. The highest BCUT2D eigenvalue weighted by Crippen LogP contribution is 2.49. The highest BCUT2D eigenvalue weighted by atomic mass is 16.5. The van der Waals surface area contributed by atoms with Crippen LogP contribution in [-0.4, -0.2) is 34.3 Å². The van der Waals surface area contributed by atoms with Crippen LogP contribution >= 0.6 is 0 Å². The summed E-state index contributed by atoms with van der Waals surface area (Å²) in [6.07, 6.45) is 1.34. The fraction of sp³-hybridized carbons (Fsp3) is 0.269. The summed E-state index contributed by atoms with van der Waals surface area (Å²) in [6, 6.07) is 16.6. The van der Waals surface area contributed by atoms with E-state index in [0.29, 0.717) is 40.0 Å². The van der Waals surface area contributed by atoms with Crippen molar-refractivity contribution in [2.45, 2.75) is 18.9 Å². The zero-order valence-corrected chi connectivity index (χ0v) is 19.1. The number of nitrogens with one attached hydrogen (secondary N) is 1. The maximum Gasteiger partial charge on any atom is 0.255 e. The fourth-order valence-electron chi connectivity index (χ4n) is 4.04. The van der Waals surface area contributed by atoms with Gasteiger partial charge in [-0.15, -0.1) is 0 Å². The Kier molecular flexibility index (Phi) is 6.58. The molecule has 0 saturated carbocycles. The Morgan fingerprint density at radius 3 is 2.42 bits per heavy atom. The van der Waals surface area contributed by atoms with Crippen molar-refractivity contribution in [3.05, 3.63) is 71.3 Å². The van der Waals surface area contributed by atoms with Crippen molar-refractivity contribution in [3.8, 4) is 28.7 Å². The molecule has 7 nitrogen and oxygen atoms in total. The second kappa shape index (κ2) is 9.73. The minimum absolute atomic E-state index is 0.172. The van der Waals surface area contributed by atoms with Crippen molar-refractivity contribution >= 4 is 11.6 Å². The molecule has 1 aliphatic rings. The molecule has 3 aromatic rings. The minimum Gasteiger partial charge on any atom is -0.497 e. The predicted octanol–water partition coefficient (Wildman–Crippen LogP) is 5.04. The average Bonchev–Trinajstić information content (AvgIpc) is 2.87. The summed E-state index contributed by atoms with van der Waals surface area (Å²) < 4.78 is 28.1. The van der Waals surface area contributed by atoms with Crippen LogP contribution in [-0.2, 0) is 6.42 Å². The van der Waals surface area contributed by atoms with Crippen LogP contribution in [0.4, 0.5) is 5.69 Å². The van der Waals surface area contributed by atoms with Gasteiger partial charge in [0, 0.05) is 22.9 Å². The largest absolute Gasteiger partial charge is 0.497 e. The van der Waals surface area contributed by atoms with E-state index in [-0.39, 0.29) is 12.0 Å². The van der Waals surface area contributed by atoms with Crippen LogP contribution in [0, 0.1) is 0 Å². The van der Waals surface area contributed by atoms with Gasteiger partial charge in [-0.3, -0.25) is 4.79 Å². The van der Waals surface area contributed by atoms with Crippen molar-refractivity contribution in [1.29, 1.82) is 0 Å². The SMILES string of the molecule is COc1cccc(C(=O)Nc2cccc(C3CCc4c(cc(OC)c(OC)c4OC)O3)c2)c1. The summed E-state index contributed by atoms with van der Waals surface area (Å²) in [7, 11) is 6.35. The Labute approximate surface area is 193 Å². The minimum atomic E-state index is -0.206. The molecule has 0 aromatic heterocycles. The normalized spacial score (nSPS) is 14.5. The van der Waals surface area contributed by atoms with Crippen LogP contribution in [0.3, 0.4) is 0 Å². The van der Waals surface area contributed by atoms with Gasteiger partial charge in [-0.05, 0) is 48.7 Å². The molecule has 0 aliphatic carbocycles. The van der Waals surface area contributed by atoms with Gasteiger partial charge in [0.2, 0.25) is 5.75 Å². The zero-order valence-electron chi connectivity index (χ0n) is 19.1. The lowest BCUT2D eigenvalue weighted by Gasteiger charge is -2.29. The summed E-state index contributed by atoms with van der Waals surface area (Å²) >= 11 is 0. The number of fused-ring (bicyclic) bond motifs is 1. The summed E-state index contributed by atoms with van der Waals surface area (Å²) in [6.45, 7) is 0. The van der Waals surface area contributed by atoms with E-state index in [9.17, 15) is 4.79 Å². The standard InChI is InChI=1S/C26H27NO6/c1-29-19-10-6-8-17(14-19)26(28)27-18-9-5-7-16(13-18)21-12-11-20-22(33-21)15-23(30-2)25(32-4)24(20)31-3/h5-10,13-15,21H,11-12H2,1-4H3,(H,27,28). The molecular formula is C26H27NO6. The number of benzene rings is 3. The van der Waals surface area contributed by atoms with Crippen LogP contribution in [0.5, 0.6) is 28.7 Å². The third-order valence-corrected chi connectivity index (χ3v) is 5.67. The van der Waals surface area contributed by atoms with E-state index in [1.165, 1.54) is 0 Å². The van der Waals surface area contributed by atoms with Gasteiger partial charge in [0.15, 0.2) is 11.5 Å². The van der Waals surface area contributed by atoms with Gasteiger partial charge in [0.1, 0.15) is 17.6 Å². The number of hydrogen-bond acceptors (Lipinski definition) is 6. The molecule has 172 valence electrons. The van der Waals surface area contributed by atoms with E-state index < -0.39 is 0 Å². The van der Waals surface area contributed by atoms with E-state index in [1.807, 2.05) is 30.3 Å². The molecule has 7 heteroatoms. The summed E-state index contributed by atoms with van der Waals surface area (Å²) in [5, 5.41) is 2.95. The molecule has 1 atom stereocenters. The Hall–Kier alpha value is -3.87. The third kappa shape index (κ3) is 4.53. The van der Waals surface area contributed by atoms with E-state index >= 15 is 0 Å². The number of ether oxygens (including phenoxy) is 5. The first-order chi connectivity index (χ1) is 16.1. The maximum atomic E-state index is 12.7. The Bertz CT molecular complexity index is 1160. The number of anilines is 1. The Morgan fingerprint density at radius 2 is 1.70 bits per heavy atom. The number of methoxy groups -OCH3 is 4. The lowest BCUT2D eigenvalue weighted by Crippen LogP contribution is -2.17. The first-order valence-corrected chi connectivity index (χ1v) is 10.6. The predicted molar refractivity (Wildman–Crippen MR) is 125 cm³/mol. The van der Waals surface area contributed by atoms with Gasteiger partial charge in [-0.1, -0.05) is 18.2 Å². The first kappa shape index (κ1) is 22.3. The number of carbonyl (C=O) groups excluding carboxylic acids is 1. The van der Waals surface area contributed by atoms with Crippen LogP contribution in [0.1, 0.15) is 34.0 Å². The molecule has 1 unspecified atom stereocenters. The molecule has 0 radical (unpaired) electrons. The van der Waals surface area contributed by atoms with Crippen molar-refractivity contribution < 1.29 is 28.5 Å². The van der Waals surface area contributed by atoms with E-state index in [1.54, 1.807) is 52.7 Å². The van der Waals surface area contributed by atoms with E-state index in [4.69, 9.17) is 23.7 Å². The van der Waals surface area contributed by atoms with Gasteiger partial charge in [0.25, 0.3) is 5.91 Å². The summed E-state index contributed by atoms with van der Waals surface area (Å²) in [5.41, 5.74) is 3.14. The molecular weight excluding hydrogens is 422 g/mol. The lowest BCUT2D eigenvalue weighted by molar-refractivity contribution is 0.102. The zero-order chi connectivity index (χ0) is 23.4. The highest BCUT2D eigenvalue weighted by molar-refractivity contribution is 6.04. The van der Waals surface area contributed by atoms with Crippen molar-refractivity contribution in [2.75, 3.05) is 33.8 Å². The molecule has 0 saturated heterocycles. The average molecular weight is 450 g/mol. The molecule has 1 N–H and O–H groups in total. The summed E-state index contributed by atoms with van der Waals surface area (Å²) in [5.74, 6) is 2.86. The lowest BCUT2D eigenvalue weighted by atomic mass is 9.96. The number of carbonyl (C=O) groups is 1. The number of rotatable bonds is 7. The third-order valence-electron chi connectivity index (χ3n) is 5.67. The number of hydrogen-bond donors (Lipinski definition) is 1. The van der Waals surface area contributed by atoms with Crippen molar-refractivity contribution in [1.82, 2.24) is 0 Å². The quantitative estimate of drug-likeness (QED) is 0.545. The molecule has 0 bridgehead atoms. The van der Waals surface area contributed by atoms with Crippen molar-refractivity contribution in [3.63, 3.8) is 0 Å². The van der Waals surface area contributed by atoms with Crippen LogP contribution in [0.15, 0.2) is 54.6 Å². The van der Waals surface area contributed by atoms with Crippen LogP contribution in [0.2, 0.25) is 0 Å². The smallest absolute Gasteiger partial charge is 0.255 e. The molecule has 1 heterocycles. The Morgan fingerprint density at radius 1 is 0.909 bits per heavy atom. The molecule has 0 spiro atoms. The van der Waals surface area contributed by atoms with Gasteiger partial charge in [-0.2, -0.15) is 0 Å². The Balaban J connectivity index is 1.56. The molecule has 4 rings (SSSR count). The fourth-order valence-corrected chi connectivity index (χ4v) is 4.04. The van der Waals surface area contributed by atoms with E-state index in [0.717, 1.165) is 24.0 Å². The molecule has 0 fully saturated rings. The molecule has 1 amide bonds. The van der Waals surface area contributed by atoms with Gasteiger partial charge >= 0.3 is 0 Å². The van der Waals surface area contributed by atoms with Crippen LogP contribution < -0.4 is 29.0 Å². The maximum absolute atomic E-state index is 12.7. The number of amides is 1. The van der Waals surface area contributed by atoms with E-state index in [2.05, 4.69) is 5.32 Å². The van der Waals surface area contributed by atoms with Gasteiger partial charge in [-0.25, -0.2) is 0 Å². The molecule has 3 aromatic carbocycles.